The molecule has 1 aromatic rings. The maximum absolute atomic E-state index is 10.1. The number of hydrogen-bond acceptors (Lipinski definition) is 2. The first-order valence-electron chi connectivity index (χ1n) is 2.70. The normalized spacial score (nSPS) is 7.67. The Kier molecular flexibility index (Phi) is 5.81. The molecule has 0 aliphatic rings. The molecule has 0 aliphatic heterocycles. The van der Waals surface area contributed by atoms with Crippen molar-refractivity contribution in [2.45, 2.75) is 0 Å². The minimum atomic E-state index is -0.459. The third-order valence-electron chi connectivity index (χ3n) is 1.10. The maximum atomic E-state index is 10.1. The molecular formula is C6H8BNO4. The van der Waals surface area contributed by atoms with E-state index in [4.69, 9.17) is 7.85 Å². The van der Waals surface area contributed by atoms with Gasteiger partial charge in [-0.3, -0.25) is 10.1 Å². The van der Waals surface area contributed by atoms with Crippen LogP contribution in [0.25, 0.3) is 0 Å². The smallest absolute Gasteiger partial charge is 0.269 e. The van der Waals surface area contributed by atoms with Crippen LogP contribution in [0.4, 0.5) is 5.69 Å². The summed E-state index contributed by atoms with van der Waals surface area (Å²) in [5, 5.41) is 10.1. The predicted molar refractivity (Wildman–Crippen MR) is 45.7 cm³/mol. The van der Waals surface area contributed by atoms with Crippen molar-refractivity contribution in [3.05, 3.63) is 34.4 Å². The first-order valence-corrected chi connectivity index (χ1v) is 2.70. The molecule has 64 valence electrons. The number of non-ortho nitro benzene ring substituents is 1. The summed E-state index contributed by atoms with van der Waals surface area (Å²) in [5.41, 5.74) is 0.597. The highest BCUT2D eigenvalue weighted by Gasteiger charge is 2.00. The molecule has 4 N–H and O–H groups in total. The van der Waals surface area contributed by atoms with Gasteiger partial charge in [0.15, 0.2) is 0 Å². The lowest BCUT2D eigenvalue weighted by atomic mass is 9.96. The Morgan fingerprint density at radius 3 is 1.92 bits per heavy atom. The fourth-order valence-electron chi connectivity index (χ4n) is 0.596. The van der Waals surface area contributed by atoms with Gasteiger partial charge in [0.2, 0.25) is 0 Å². The summed E-state index contributed by atoms with van der Waals surface area (Å²) in [6.45, 7) is 0. The molecule has 0 unspecified atom stereocenters. The lowest BCUT2D eigenvalue weighted by Gasteiger charge is -1.90. The van der Waals surface area contributed by atoms with Crippen LogP contribution < -0.4 is 5.46 Å². The Labute approximate surface area is 70.2 Å². The van der Waals surface area contributed by atoms with Gasteiger partial charge < -0.3 is 11.0 Å². The maximum Gasteiger partial charge on any atom is 0.269 e. The second-order valence-electron chi connectivity index (χ2n) is 1.85. The van der Waals surface area contributed by atoms with E-state index in [2.05, 4.69) is 0 Å². The van der Waals surface area contributed by atoms with Crippen molar-refractivity contribution < 1.29 is 15.9 Å². The zero-order valence-corrected chi connectivity index (χ0v) is 6.15. The van der Waals surface area contributed by atoms with Crippen molar-refractivity contribution in [3.8, 4) is 0 Å². The number of nitrogens with zero attached hydrogens (tertiary/aromatic N) is 1. The highest BCUT2D eigenvalue weighted by Crippen LogP contribution is 2.05. The molecule has 0 aromatic heterocycles. The molecule has 0 spiro atoms. The molecule has 5 nitrogen and oxygen atoms in total. The third kappa shape index (κ3) is 3.13. The molecule has 12 heavy (non-hydrogen) atoms. The van der Waals surface area contributed by atoms with Crippen LogP contribution in [-0.2, 0) is 0 Å². The molecule has 0 atom stereocenters. The largest absolute Gasteiger partial charge is 0.412 e. The van der Waals surface area contributed by atoms with Crippen LogP contribution in [0.2, 0.25) is 0 Å². The standard InChI is InChI=1S/C6H4BNO2.2H2O/c7-5-1-3-6(4-2-5)8(9)10;;/h1-4H;2*1H2. The summed E-state index contributed by atoms with van der Waals surface area (Å²) in [6.07, 6.45) is 0. The number of rotatable bonds is 1. The number of nitro benzene ring substituents is 1. The lowest BCUT2D eigenvalue weighted by molar-refractivity contribution is -0.384. The zero-order chi connectivity index (χ0) is 7.56. The van der Waals surface area contributed by atoms with Crippen LogP contribution in [-0.4, -0.2) is 23.7 Å². The van der Waals surface area contributed by atoms with Crippen molar-refractivity contribution in [3.63, 3.8) is 0 Å². The highest BCUT2D eigenvalue weighted by atomic mass is 16.6. The molecule has 1 rings (SSSR count). The van der Waals surface area contributed by atoms with Crippen molar-refractivity contribution in [2.75, 3.05) is 0 Å². The van der Waals surface area contributed by atoms with E-state index in [1.165, 1.54) is 24.3 Å². The fourth-order valence-corrected chi connectivity index (χ4v) is 0.596. The number of nitro groups is 1. The topological polar surface area (TPSA) is 106 Å². The molecule has 0 fully saturated rings. The Bertz CT molecular complexity index is 248. The minimum absolute atomic E-state index is 0. The Morgan fingerprint density at radius 1 is 1.17 bits per heavy atom. The number of benzene rings is 1. The van der Waals surface area contributed by atoms with Crippen LogP contribution in [0.3, 0.4) is 0 Å². The first-order chi connectivity index (χ1) is 4.70. The molecule has 0 amide bonds. The average Bonchev–Trinajstić information content (AvgIpc) is 1.88. The van der Waals surface area contributed by atoms with Gasteiger partial charge in [-0.15, -0.1) is 0 Å². The summed E-state index contributed by atoms with van der Waals surface area (Å²) >= 11 is 0. The second kappa shape index (κ2) is 5.28. The molecule has 0 saturated heterocycles. The fraction of sp³-hybridized carbons (Fsp3) is 0. The quantitative estimate of drug-likeness (QED) is 0.297. The Morgan fingerprint density at radius 2 is 1.58 bits per heavy atom. The van der Waals surface area contributed by atoms with Gasteiger partial charge in [-0.1, -0.05) is 17.6 Å². The summed E-state index contributed by atoms with van der Waals surface area (Å²) < 4.78 is 0. The van der Waals surface area contributed by atoms with Crippen molar-refractivity contribution in [1.29, 1.82) is 0 Å². The molecule has 0 heterocycles. The first kappa shape index (κ1) is 13.2. The summed E-state index contributed by atoms with van der Waals surface area (Å²) in [5.74, 6) is 0. The van der Waals surface area contributed by atoms with Crippen molar-refractivity contribution in [2.24, 2.45) is 0 Å². The molecule has 1 aromatic carbocycles. The van der Waals surface area contributed by atoms with E-state index in [9.17, 15) is 10.1 Å². The molecule has 0 saturated carbocycles. The Balaban J connectivity index is 0. The Hall–Kier alpha value is -1.40. The SMILES string of the molecule is O.O.[B]c1ccc([N+](=O)[O-])cc1. The van der Waals surface area contributed by atoms with Gasteiger partial charge in [-0.05, 0) is 0 Å². The van der Waals surface area contributed by atoms with Gasteiger partial charge in [-0.25, -0.2) is 0 Å². The van der Waals surface area contributed by atoms with E-state index in [0.29, 0.717) is 5.46 Å². The van der Waals surface area contributed by atoms with E-state index in [-0.39, 0.29) is 16.6 Å². The average molecular weight is 169 g/mol. The van der Waals surface area contributed by atoms with Gasteiger partial charge >= 0.3 is 0 Å². The molecular weight excluding hydrogens is 161 g/mol. The molecule has 0 bridgehead atoms. The lowest BCUT2D eigenvalue weighted by Crippen LogP contribution is -2.00. The van der Waals surface area contributed by atoms with Crippen LogP contribution in [0.5, 0.6) is 0 Å². The summed E-state index contributed by atoms with van der Waals surface area (Å²) in [6, 6.07) is 5.74. The van der Waals surface area contributed by atoms with E-state index in [1.807, 2.05) is 0 Å². The van der Waals surface area contributed by atoms with Crippen molar-refractivity contribution >= 4 is 19.0 Å². The van der Waals surface area contributed by atoms with E-state index in [1.54, 1.807) is 0 Å². The predicted octanol–water partition coefficient (Wildman–Crippen LogP) is -1.26. The number of hydrogen-bond donors (Lipinski definition) is 0. The zero-order valence-electron chi connectivity index (χ0n) is 6.15. The minimum Gasteiger partial charge on any atom is -0.412 e. The van der Waals surface area contributed by atoms with Crippen molar-refractivity contribution in [1.82, 2.24) is 0 Å². The monoisotopic (exact) mass is 169 g/mol. The van der Waals surface area contributed by atoms with E-state index in [0.717, 1.165) is 0 Å². The third-order valence-corrected chi connectivity index (χ3v) is 1.10. The van der Waals surface area contributed by atoms with Gasteiger partial charge in [0.25, 0.3) is 5.69 Å². The highest BCUT2D eigenvalue weighted by molar-refractivity contribution is 6.32. The van der Waals surface area contributed by atoms with Crippen LogP contribution in [0.15, 0.2) is 24.3 Å². The van der Waals surface area contributed by atoms with Gasteiger partial charge in [0, 0.05) is 12.1 Å². The summed E-state index contributed by atoms with van der Waals surface area (Å²) in [7, 11) is 5.30. The van der Waals surface area contributed by atoms with Crippen LogP contribution >= 0.6 is 0 Å². The second-order valence-corrected chi connectivity index (χ2v) is 1.85. The molecule has 2 radical (unpaired) electrons. The van der Waals surface area contributed by atoms with Gasteiger partial charge in [-0.2, -0.15) is 0 Å². The van der Waals surface area contributed by atoms with Crippen LogP contribution in [0, 0.1) is 10.1 Å². The molecule has 6 heteroatoms. The van der Waals surface area contributed by atoms with E-state index >= 15 is 0 Å². The van der Waals surface area contributed by atoms with E-state index < -0.39 is 4.92 Å². The van der Waals surface area contributed by atoms with Gasteiger partial charge in [0.05, 0.1) is 4.92 Å². The molecule has 0 aliphatic carbocycles. The van der Waals surface area contributed by atoms with Crippen LogP contribution in [0.1, 0.15) is 0 Å². The summed E-state index contributed by atoms with van der Waals surface area (Å²) in [4.78, 5) is 9.62. The van der Waals surface area contributed by atoms with Gasteiger partial charge in [0.1, 0.15) is 7.85 Å².